The average molecular weight is 322 g/mol. The minimum atomic E-state index is -1.36. The summed E-state index contributed by atoms with van der Waals surface area (Å²) in [5.41, 5.74) is -1.80. The van der Waals surface area contributed by atoms with E-state index in [9.17, 15) is 14.7 Å². The van der Waals surface area contributed by atoms with E-state index in [1.807, 2.05) is 6.92 Å². The highest BCUT2D eigenvalue weighted by Gasteiger charge is 2.66. The largest absolute Gasteiger partial charge is 0.481 e. The van der Waals surface area contributed by atoms with Gasteiger partial charge in [-0.25, -0.2) is 9.78 Å². The molecule has 126 valence electrons. The van der Waals surface area contributed by atoms with Gasteiger partial charge in [-0.1, -0.05) is 13.8 Å². The Labute approximate surface area is 135 Å². The Bertz CT molecular complexity index is 599. The van der Waals surface area contributed by atoms with Crippen LogP contribution >= 0.6 is 0 Å². The number of aliphatic carboxylic acids is 1. The molecule has 1 aromatic heterocycles. The van der Waals surface area contributed by atoms with Crippen molar-refractivity contribution >= 4 is 11.9 Å². The number of hydrogen-bond acceptors (Lipinski definition) is 5. The van der Waals surface area contributed by atoms with Crippen molar-refractivity contribution in [3.63, 3.8) is 0 Å². The van der Waals surface area contributed by atoms with Gasteiger partial charge in [0.1, 0.15) is 5.54 Å². The van der Waals surface area contributed by atoms with Gasteiger partial charge in [-0.2, -0.15) is 0 Å². The minimum Gasteiger partial charge on any atom is -0.481 e. The van der Waals surface area contributed by atoms with Crippen molar-refractivity contribution in [3.05, 3.63) is 23.9 Å². The Balaban J connectivity index is 2.20. The van der Waals surface area contributed by atoms with Crippen molar-refractivity contribution < 1.29 is 24.2 Å². The van der Waals surface area contributed by atoms with Gasteiger partial charge in [-0.3, -0.25) is 4.79 Å². The second-order valence-corrected chi connectivity index (χ2v) is 6.12. The van der Waals surface area contributed by atoms with Gasteiger partial charge in [-0.05, 0) is 13.0 Å². The molecule has 1 saturated carbocycles. The molecule has 0 radical (unpaired) electrons. The van der Waals surface area contributed by atoms with Gasteiger partial charge in [0.25, 0.3) is 5.91 Å². The van der Waals surface area contributed by atoms with Gasteiger partial charge in [0.15, 0.2) is 0 Å². The molecule has 0 saturated heterocycles. The topological polar surface area (TPSA) is 97.8 Å². The van der Waals surface area contributed by atoms with Gasteiger partial charge >= 0.3 is 5.97 Å². The second kappa shape index (κ2) is 6.16. The van der Waals surface area contributed by atoms with Crippen LogP contribution in [0.1, 0.15) is 37.6 Å². The van der Waals surface area contributed by atoms with Gasteiger partial charge in [0.2, 0.25) is 5.88 Å². The zero-order chi connectivity index (χ0) is 17.3. The molecule has 23 heavy (non-hydrogen) atoms. The van der Waals surface area contributed by atoms with Crippen LogP contribution < -0.4 is 10.1 Å². The van der Waals surface area contributed by atoms with Crippen LogP contribution in [0.25, 0.3) is 0 Å². The van der Waals surface area contributed by atoms with E-state index in [4.69, 9.17) is 9.47 Å². The highest BCUT2D eigenvalue weighted by atomic mass is 16.5. The van der Waals surface area contributed by atoms with E-state index in [1.54, 1.807) is 26.0 Å². The number of nitrogens with one attached hydrogen (secondary N) is 1. The SMILES string of the molecule is CCO[C@@H]1C[C@](NC(=O)c2ccc(OC)nc2)(C(=O)O)C1(C)C. The first-order valence-electron chi connectivity index (χ1n) is 7.46. The highest BCUT2D eigenvalue weighted by Crippen LogP contribution is 2.51. The van der Waals surface area contributed by atoms with Gasteiger partial charge < -0.3 is 19.9 Å². The first-order valence-corrected chi connectivity index (χ1v) is 7.46. The summed E-state index contributed by atoms with van der Waals surface area (Å²) >= 11 is 0. The maximum absolute atomic E-state index is 12.4. The fourth-order valence-electron chi connectivity index (χ4n) is 2.94. The summed E-state index contributed by atoms with van der Waals surface area (Å²) in [5.74, 6) is -1.16. The number of rotatable bonds is 6. The Morgan fingerprint density at radius 3 is 2.57 bits per heavy atom. The maximum Gasteiger partial charge on any atom is 0.330 e. The van der Waals surface area contributed by atoms with E-state index in [0.29, 0.717) is 12.5 Å². The molecule has 1 amide bonds. The molecule has 2 atom stereocenters. The number of carbonyl (C=O) groups is 2. The summed E-state index contributed by atoms with van der Waals surface area (Å²) in [4.78, 5) is 28.2. The second-order valence-electron chi connectivity index (χ2n) is 6.12. The fourth-order valence-corrected chi connectivity index (χ4v) is 2.94. The maximum atomic E-state index is 12.4. The molecule has 1 heterocycles. The van der Waals surface area contributed by atoms with Crippen LogP contribution in [0.5, 0.6) is 5.88 Å². The van der Waals surface area contributed by atoms with Crippen molar-refractivity contribution in [1.82, 2.24) is 10.3 Å². The van der Waals surface area contributed by atoms with Crippen molar-refractivity contribution in [2.24, 2.45) is 5.41 Å². The molecular formula is C16H22N2O5. The van der Waals surface area contributed by atoms with E-state index >= 15 is 0 Å². The number of pyridine rings is 1. The first-order chi connectivity index (χ1) is 10.8. The lowest BCUT2D eigenvalue weighted by Crippen LogP contribution is -2.76. The molecule has 7 nitrogen and oxygen atoms in total. The number of hydrogen-bond donors (Lipinski definition) is 2. The molecule has 1 fully saturated rings. The summed E-state index contributed by atoms with van der Waals surface area (Å²) in [5, 5.41) is 12.3. The number of carboxylic acids is 1. The van der Waals surface area contributed by atoms with Crippen molar-refractivity contribution in [2.75, 3.05) is 13.7 Å². The zero-order valence-electron chi connectivity index (χ0n) is 13.8. The average Bonchev–Trinajstić information content (AvgIpc) is 2.53. The molecule has 7 heteroatoms. The normalized spacial score (nSPS) is 25.3. The Morgan fingerprint density at radius 1 is 1.43 bits per heavy atom. The third kappa shape index (κ3) is 2.76. The van der Waals surface area contributed by atoms with Gasteiger partial charge in [-0.15, -0.1) is 0 Å². The van der Waals surface area contributed by atoms with E-state index in [-0.39, 0.29) is 18.1 Å². The molecule has 0 aliphatic heterocycles. The van der Waals surface area contributed by atoms with Gasteiger partial charge in [0, 0.05) is 30.7 Å². The lowest BCUT2D eigenvalue weighted by molar-refractivity contribution is -0.190. The molecule has 0 bridgehead atoms. The summed E-state index contributed by atoms with van der Waals surface area (Å²) in [7, 11) is 1.48. The number of amides is 1. The monoisotopic (exact) mass is 322 g/mol. The van der Waals surface area contributed by atoms with Crippen LogP contribution in [0, 0.1) is 5.41 Å². The number of aromatic nitrogens is 1. The van der Waals surface area contributed by atoms with Crippen LogP contribution in [-0.2, 0) is 9.53 Å². The van der Waals surface area contributed by atoms with Crippen LogP contribution in [0.4, 0.5) is 0 Å². The Hall–Kier alpha value is -2.15. The highest BCUT2D eigenvalue weighted by molar-refractivity contribution is 5.98. The third-order valence-electron chi connectivity index (χ3n) is 4.66. The molecule has 2 N–H and O–H groups in total. The van der Waals surface area contributed by atoms with Crippen molar-refractivity contribution in [2.45, 2.75) is 38.8 Å². The van der Waals surface area contributed by atoms with E-state index in [1.165, 1.54) is 13.3 Å². The standard InChI is InChI=1S/C16H22N2O5/c1-5-23-11-8-16(14(20)21,15(11,2)3)18-13(19)10-6-7-12(22-4)17-9-10/h6-7,9,11H,5,8H2,1-4H3,(H,18,19)(H,20,21)/t11-,16+/m1/s1. The van der Waals surface area contributed by atoms with E-state index < -0.39 is 22.8 Å². The quantitative estimate of drug-likeness (QED) is 0.823. The predicted molar refractivity (Wildman–Crippen MR) is 82.4 cm³/mol. The molecule has 0 spiro atoms. The first kappa shape index (κ1) is 17.2. The fraction of sp³-hybridized carbons (Fsp3) is 0.562. The zero-order valence-corrected chi connectivity index (χ0v) is 13.8. The van der Waals surface area contributed by atoms with Crippen molar-refractivity contribution in [1.29, 1.82) is 0 Å². The molecule has 1 aliphatic rings. The number of nitrogens with zero attached hydrogens (tertiary/aromatic N) is 1. The molecule has 0 unspecified atom stereocenters. The van der Waals surface area contributed by atoms with Crippen LogP contribution in [0.15, 0.2) is 18.3 Å². The minimum absolute atomic E-state index is 0.210. The summed E-state index contributed by atoms with van der Waals surface area (Å²) in [6.07, 6.45) is 1.38. The van der Waals surface area contributed by atoms with E-state index in [0.717, 1.165) is 0 Å². The molecule has 1 aliphatic carbocycles. The Kier molecular flexibility index (Phi) is 4.61. The summed E-state index contributed by atoms with van der Waals surface area (Å²) < 4.78 is 10.5. The van der Waals surface area contributed by atoms with Crippen LogP contribution in [-0.4, -0.2) is 47.3 Å². The van der Waals surface area contributed by atoms with Gasteiger partial charge in [0.05, 0.1) is 18.8 Å². The lowest BCUT2D eigenvalue weighted by atomic mass is 9.54. The molecule has 2 rings (SSSR count). The number of methoxy groups -OCH3 is 1. The van der Waals surface area contributed by atoms with E-state index in [2.05, 4.69) is 10.3 Å². The summed E-state index contributed by atoms with van der Waals surface area (Å²) in [6, 6.07) is 3.10. The molecule has 1 aromatic rings. The molecular weight excluding hydrogens is 300 g/mol. The number of carbonyl (C=O) groups excluding carboxylic acids is 1. The number of carboxylic acid groups (broad SMARTS) is 1. The smallest absolute Gasteiger partial charge is 0.330 e. The lowest BCUT2D eigenvalue weighted by Gasteiger charge is -2.58. The predicted octanol–water partition coefficient (Wildman–Crippen LogP) is 1.48. The van der Waals surface area contributed by atoms with Crippen molar-refractivity contribution in [3.8, 4) is 5.88 Å². The Morgan fingerprint density at radius 2 is 2.13 bits per heavy atom. The third-order valence-corrected chi connectivity index (χ3v) is 4.66. The summed E-state index contributed by atoms with van der Waals surface area (Å²) in [6.45, 7) is 5.94. The van der Waals surface area contributed by atoms with Crippen LogP contribution in [0.2, 0.25) is 0 Å². The number of ether oxygens (including phenoxy) is 2. The molecule has 0 aromatic carbocycles. The van der Waals surface area contributed by atoms with Crippen LogP contribution in [0.3, 0.4) is 0 Å².